The van der Waals surface area contributed by atoms with Crippen LogP contribution in [0.5, 0.6) is 0 Å². The monoisotopic (exact) mass is 178 g/mol. The van der Waals surface area contributed by atoms with Gasteiger partial charge in [-0.2, -0.15) is 11.8 Å². The summed E-state index contributed by atoms with van der Waals surface area (Å²) in [6.07, 6.45) is 6.35. The lowest BCUT2D eigenvalue weighted by Crippen LogP contribution is -2.01. The second-order valence-corrected chi connectivity index (χ2v) is 3.62. The van der Waals surface area contributed by atoms with Crippen LogP contribution in [-0.2, 0) is 0 Å². The van der Waals surface area contributed by atoms with Crippen LogP contribution in [0.25, 0.3) is 0 Å². The first-order valence-corrected chi connectivity index (χ1v) is 5.43. The minimum Gasteiger partial charge on any atom is -0.165 e. The molecule has 0 radical (unpaired) electrons. The molecular formula is C8H15ClS. The van der Waals surface area contributed by atoms with Crippen molar-refractivity contribution in [3.8, 4) is 0 Å². The SMILES string of the molecule is C=CCC(CCl)CCSC. The molecule has 0 nitrogen and oxygen atoms in total. The van der Waals surface area contributed by atoms with Crippen molar-refractivity contribution < 1.29 is 0 Å². The van der Waals surface area contributed by atoms with Gasteiger partial charge < -0.3 is 0 Å². The van der Waals surface area contributed by atoms with Crippen LogP contribution in [0, 0.1) is 5.92 Å². The summed E-state index contributed by atoms with van der Waals surface area (Å²) in [5.74, 6) is 2.63. The summed E-state index contributed by atoms with van der Waals surface area (Å²) >= 11 is 7.60. The molecule has 0 aromatic rings. The Kier molecular flexibility index (Phi) is 7.77. The molecule has 0 fully saturated rings. The molecule has 2 heteroatoms. The van der Waals surface area contributed by atoms with E-state index >= 15 is 0 Å². The quantitative estimate of drug-likeness (QED) is 0.445. The van der Waals surface area contributed by atoms with Crippen molar-refractivity contribution in [3.63, 3.8) is 0 Å². The van der Waals surface area contributed by atoms with E-state index < -0.39 is 0 Å². The highest BCUT2D eigenvalue weighted by atomic mass is 35.5. The molecule has 0 saturated carbocycles. The number of hydrogen-bond donors (Lipinski definition) is 0. The van der Waals surface area contributed by atoms with Crippen molar-refractivity contribution >= 4 is 23.4 Å². The molecule has 0 amide bonds. The van der Waals surface area contributed by atoms with Crippen LogP contribution in [-0.4, -0.2) is 17.9 Å². The van der Waals surface area contributed by atoms with Crippen molar-refractivity contribution in [1.29, 1.82) is 0 Å². The van der Waals surface area contributed by atoms with E-state index in [0.29, 0.717) is 5.92 Å². The summed E-state index contributed by atoms with van der Waals surface area (Å²) in [6.45, 7) is 3.69. The van der Waals surface area contributed by atoms with Crippen molar-refractivity contribution in [1.82, 2.24) is 0 Å². The van der Waals surface area contributed by atoms with Gasteiger partial charge in [0.15, 0.2) is 0 Å². The Hall–Kier alpha value is 0.380. The van der Waals surface area contributed by atoms with Gasteiger partial charge in [0.2, 0.25) is 0 Å². The highest BCUT2D eigenvalue weighted by Gasteiger charge is 2.03. The van der Waals surface area contributed by atoms with Crippen molar-refractivity contribution in [3.05, 3.63) is 12.7 Å². The topological polar surface area (TPSA) is 0 Å². The lowest BCUT2D eigenvalue weighted by molar-refractivity contribution is 0.584. The molecule has 0 bridgehead atoms. The summed E-state index contributed by atoms with van der Waals surface area (Å²) < 4.78 is 0. The molecule has 0 aliphatic rings. The summed E-state index contributed by atoms with van der Waals surface area (Å²) in [5.41, 5.74) is 0. The zero-order valence-electron chi connectivity index (χ0n) is 6.48. The molecule has 0 N–H and O–H groups in total. The van der Waals surface area contributed by atoms with E-state index in [4.69, 9.17) is 11.6 Å². The predicted octanol–water partition coefficient (Wildman–Crippen LogP) is 3.17. The van der Waals surface area contributed by atoms with Crippen LogP contribution in [0.4, 0.5) is 0 Å². The van der Waals surface area contributed by atoms with E-state index in [1.54, 1.807) is 0 Å². The van der Waals surface area contributed by atoms with Gasteiger partial charge in [-0.3, -0.25) is 0 Å². The van der Waals surface area contributed by atoms with Crippen molar-refractivity contribution in [2.45, 2.75) is 12.8 Å². The maximum Gasteiger partial charge on any atom is 0.0255 e. The minimum atomic E-state index is 0.645. The van der Waals surface area contributed by atoms with Crippen LogP contribution in [0.2, 0.25) is 0 Å². The van der Waals surface area contributed by atoms with E-state index in [-0.39, 0.29) is 0 Å². The van der Waals surface area contributed by atoms with Gasteiger partial charge >= 0.3 is 0 Å². The number of halogens is 1. The fourth-order valence-corrected chi connectivity index (χ4v) is 1.63. The molecule has 0 saturated heterocycles. The molecule has 0 spiro atoms. The Bertz CT molecular complexity index is 83.3. The third-order valence-corrected chi connectivity index (χ3v) is 2.53. The molecule has 10 heavy (non-hydrogen) atoms. The number of allylic oxidation sites excluding steroid dienone is 1. The molecule has 0 aromatic heterocycles. The van der Waals surface area contributed by atoms with Crippen LogP contribution in [0.1, 0.15) is 12.8 Å². The third kappa shape index (κ3) is 5.19. The van der Waals surface area contributed by atoms with Gasteiger partial charge in [0, 0.05) is 5.88 Å². The van der Waals surface area contributed by atoms with E-state index in [0.717, 1.165) is 12.3 Å². The van der Waals surface area contributed by atoms with Crippen LogP contribution >= 0.6 is 23.4 Å². The Labute approximate surface area is 73.0 Å². The summed E-state index contributed by atoms with van der Waals surface area (Å²) in [4.78, 5) is 0. The maximum atomic E-state index is 5.73. The third-order valence-electron chi connectivity index (χ3n) is 1.45. The van der Waals surface area contributed by atoms with E-state index in [1.807, 2.05) is 17.8 Å². The molecule has 0 heterocycles. The zero-order valence-corrected chi connectivity index (χ0v) is 8.05. The Morgan fingerprint density at radius 2 is 2.40 bits per heavy atom. The second kappa shape index (κ2) is 7.49. The van der Waals surface area contributed by atoms with Gasteiger partial charge in [0.1, 0.15) is 0 Å². The first-order valence-electron chi connectivity index (χ1n) is 3.51. The molecule has 0 aliphatic heterocycles. The number of rotatable bonds is 6. The van der Waals surface area contributed by atoms with Gasteiger partial charge in [-0.05, 0) is 30.8 Å². The van der Waals surface area contributed by atoms with Gasteiger partial charge in [-0.1, -0.05) is 6.08 Å². The van der Waals surface area contributed by atoms with Crippen molar-refractivity contribution in [2.75, 3.05) is 17.9 Å². The second-order valence-electron chi connectivity index (χ2n) is 2.33. The van der Waals surface area contributed by atoms with Crippen molar-refractivity contribution in [2.24, 2.45) is 5.92 Å². The Morgan fingerprint density at radius 3 is 2.80 bits per heavy atom. The summed E-state index contributed by atoms with van der Waals surface area (Å²) in [5, 5.41) is 0. The highest BCUT2D eigenvalue weighted by molar-refractivity contribution is 7.98. The van der Waals surface area contributed by atoms with Crippen LogP contribution in [0.3, 0.4) is 0 Å². The fraction of sp³-hybridized carbons (Fsp3) is 0.750. The highest BCUT2D eigenvalue weighted by Crippen LogP contribution is 2.13. The molecule has 60 valence electrons. The normalized spacial score (nSPS) is 13.0. The minimum absolute atomic E-state index is 0.645. The lowest BCUT2D eigenvalue weighted by atomic mass is 10.1. The lowest BCUT2D eigenvalue weighted by Gasteiger charge is -2.08. The first-order chi connectivity index (χ1) is 4.85. The van der Waals surface area contributed by atoms with E-state index in [1.165, 1.54) is 12.2 Å². The van der Waals surface area contributed by atoms with E-state index in [2.05, 4.69) is 12.8 Å². The molecule has 0 aromatic carbocycles. The number of alkyl halides is 1. The number of thioether (sulfide) groups is 1. The van der Waals surface area contributed by atoms with Gasteiger partial charge in [0.05, 0.1) is 0 Å². The summed E-state index contributed by atoms with van der Waals surface area (Å²) in [6, 6.07) is 0. The first kappa shape index (κ1) is 10.4. The molecule has 0 rings (SSSR count). The summed E-state index contributed by atoms with van der Waals surface area (Å²) in [7, 11) is 0. The fourth-order valence-electron chi connectivity index (χ4n) is 0.778. The Morgan fingerprint density at radius 1 is 1.70 bits per heavy atom. The number of hydrogen-bond acceptors (Lipinski definition) is 1. The molecule has 1 unspecified atom stereocenters. The van der Waals surface area contributed by atoms with Gasteiger partial charge in [-0.15, -0.1) is 18.2 Å². The van der Waals surface area contributed by atoms with Crippen LogP contribution in [0.15, 0.2) is 12.7 Å². The standard InChI is InChI=1S/C8H15ClS/c1-3-4-8(7-9)5-6-10-2/h3,8H,1,4-7H2,2H3. The molecule has 1 atom stereocenters. The largest absolute Gasteiger partial charge is 0.165 e. The van der Waals surface area contributed by atoms with Gasteiger partial charge in [-0.25, -0.2) is 0 Å². The van der Waals surface area contributed by atoms with Crippen LogP contribution < -0.4 is 0 Å². The smallest absolute Gasteiger partial charge is 0.0255 e. The zero-order chi connectivity index (χ0) is 7.82. The molecule has 0 aliphatic carbocycles. The van der Waals surface area contributed by atoms with Gasteiger partial charge in [0.25, 0.3) is 0 Å². The Balaban J connectivity index is 3.29. The average Bonchev–Trinajstić information content (AvgIpc) is 1.98. The molecular weight excluding hydrogens is 164 g/mol. The predicted molar refractivity (Wildman–Crippen MR) is 52.0 cm³/mol. The average molecular weight is 179 g/mol. The van der Waals surface area contributed by atoms with E-state index in [9.17, 15) is 0 Å². The maximum absolute atomic E-state index is 5.73.